The number of benzene rings is 1. The number of nitrogens with one attached hydrogen (secondary N) is 1. The Morgan fingerprint density at radius 1 is 1.18 bits per heavy atom. The average molecular weight is 376 g/mol. The molecule has 1 fully saturated rings. The van der Waals surface area contributed by atoms with Crippen LogP contribution < -0.4 is 5.32 Å². The predicted octanol–water partition coefficient (Wildman–Crippen LogP) is 3.22. The van der Waals surface area contributed by atoms with Gasteiger partial charge in [0.15, 0.2) is 5.82 Å². The van der Waals surface area contributed by atoms with Crippen LogP contribution in [0.4, 0.5) is 0 Å². The standard InChI is InChI=1S/C21H24N6O/c1-13-5-8-18(22-12-13)14-9-15(19(28)23-16-6-7-16)11-17(10-14)27-20(21(2,3)4)24-25-26-27/h5,8-12,16H,6-7H2,1-4H3,(H,23,28). The molecule has 2 heterocycles. The molecule has 28 heavy (non-hydrogen) atoms. The molecule has 4 rings (SSSR count). The second-order valence-electron chi connectivity index (χ2n) is 8.40. The van der Waals surface area contributed by atoms with E-state index in [4.69, 9.17) is 0 Å². The molecular weight excluding hydrogens is 352 g/mol. The monoisotopic (exact) mass is 376 g/mol. The van der Waals surface area contributed by atoms with Gasteiger partial charge < -0.3 is 5.32 Å². The van der Waals surface area contributed by atoms with Crippen LogP contribution in [-0.2, 0) is 5.41 Å². The first-order valence-electron chi connectivity index (χ1n) is 9.49. The van der Waals surface area contributed by atoms with Crippen molar-refractivity contribution in [2.75, 3.05) is 0 Å². The lowest BCUT2D eigenvalue weighted by molar-refractivity contribution is 0.0951. The Hall–Kier alpha value is -3.09. The molecule has 0 radical (unpaired) electrons. The molecule has 0 spiro atoms. The van der Waals surface area contributed by atoms with Crippen molar-refractivity contribution in [2.24, 2.45) is 0 Å². The van der Waals surface area contributed by atoms with Crippen LogP contribution in [0.5, 0.6) is 0 Å². The predicted molar refractivity (Wildman–Crippen MR) is 106 cm³/mol. The first kappa shape index (κ1) is 18.3. The molecule has 1 amide bonds. The molecule has 1 N–H and O–H groups in total. The average Bonchev–Trinajstić information content (AvgIpc) is 3.31. The number of carbonyl (C=O) groups excluding carboxylic acids is 1. The third kappa shape index (κ3) is 3.78. The van der Waals surface area contributed by atoms with Crippen molar-refractivity contribution in [3.8, 4) is 16.9 Å². The van der Waals surface area contributed by atoms with Crippen molar-refractivity contribution in [3.05, 3.63) is 53.5 Å². The zero-order valence-corrected chi connectivity index (χ0v) is 16.6. The SMILES string of the molecule is Cc1ccc(-c2cc(C(=O)NC3CC3)cc(-n3nnnc3C(C)(C)C)c2)nc1. The highest BCUT2D eigenvalue weighted by molar-refractivity contribution is 5.96. The molecule has 7 heteroatoms. The van der Waals surface area contributed by atoms with Gasteiger partial charge in [-0.2, -0.15) is 4.68 Å². The first-order chi connectivity index (χ1) is 13.3. The summed E-state index contributed by atoms with van der Waals surface area (Å²) < 4.78 is 1.70. The van der Waals surface area contributed by atoms with Crippen molar-refractivity contribution >= 4 is 5.91 Å². The molecule has 3 aromatic rings. The van der Waals surface area contributed by atoms with E-state index < -0.39 is 0 Å². The van der Waals surface area contributed by atoms with Gasteiger partial charge in [-0.3, -0.25) is 9.78 Å². The molecule has 1 aromatic carbocycles. The fourth-order valence-corrected chi connectivity index (χ4v) is 2.98. The molecule has 0 aliphatic heterocycles. The number of nitrogens with zero attached hydrogens (tertiary/aromatic N) is 5. The van der Waals surface area contributed by atoms with Gasteiger partial charge in [-0.1, -0.05) is 26.8 Å². The minimum atomic E-state index is -0.238. The summed E-state index contributed by atoms with van der Waals surface area (Å²) in [5.74, 6) is 0.651. The minimum absolute atomic E-state index is 0.0805. The van der Waals surface area contributed by atoms with E-state index in [9.17, 15) is 4.79 Å². The number of hydrogen-bond donors (Lipinski definition) is 1. The highest BCUT2D eigenvalue weighted by atomic mass is 16.1. The quantitative estimate of drug-likeness (QED) is 0.756. The van der Waals surface area contributed by atoms with Crippen LogP contribution in [0.15, 0.2) is 36.5 Å². The Morgan fingerprint density at radius 3 is 2.61 bits per heavy atom. The Labute approximate surface area is 164 Å². The van der Waals surface area contributed by atoms with E-state index in [0.717, 1.165) is 41.2 Å². The van der Waals surface area contributed by atoms with E-state index in [1.165, 1.54) is 0 Å². The highest BCUT2D eigenvalue weighted by Crippen LogP contribution is 2.27. The summed E-state index contributed by atoms with van der Waals surface area (Å²) in [5, 5.41) is 15.3. The van der Waals surface area contributed by atoms with E-state index in [1.54, 1.807) is 4.68 Å². The van der Waals surface area contributed by atoms with Gasteiger partial charge in [-0.25, -0.2) is 0 Å². The summed E-state index contributed by atoms with van der Waals surface area (Å²) in [6.45, 7) is 8.17. The maximum Gasteiger partial charge on any atom is 0.251 e. The molecule has 144 valence electrons. The Bertz CT molecular complexity index is 1010. The molecule has 0 atom stereocenters. The molecule has 1 saturated carbocycles. The molecule has 2 aromatic heterocycles. The summed E-state index contributed by atoms with van der Waals surface area (Å²) in [7, 11) is 0. The molecule has 7 nitrogen and oxygen atoms in total. The van der Waals surface area contributed by atoms with Gasteiger partial charge in [0.25, 0.3) is 5.91 Å². The summed E-state index contributed by atoms with van der Waals surface area (Å²) >= 11 is 0. The second kappa shape index (κ2) is 6.82. The minimum Gasteiger partial charge on any atom is -0.349 e. The summed E-state index contributed by atoms with van der Waals surface area (Å²) in [6, 6.07) is 9.94. The van der Waals surface area contributed by atoms with Gasteiger partial charge in [0.2, 0.25) is 0 Å². The van der Waals surface area contributed by atoms with Crippen LogP contribution in [0, 0.1) is 6.92 Å². The fraction of sp³-hybridized carbons (Fsp3) is 0.381. The molecule has 0 saturated heterocycles. The Kier molecular flexibility index (Phi) is 4.45. The highest BCUT2D eigenvalue weighted by Gasteiger charge is 2.26. The molecule has 1 aliphatic rings. The number of rotatable bonds is 4. The number of carbonyl (C=O) groups is 1. The van der Waals surface area contributed by atoms with E-state index in [2.05, 4.69) is 46.6 Å². The maximum atomic E-state index is 12.7. The van der Waals surface area contributed by atoms with Gasteiger partial charge in [0.1, 0.15) is 0 Å². The normalized spacial score (nSPS) is 14.1. The summed E-state index contributed by atoms with van der Waals surface area (Å²) in [6.07, 6.45) is 3.90. The van der Waals surface area contributed by atoms with Gasteiger partial charge in [0, 0.05) is 28.8 Å². The Morgan fingerprint density at radius 2 is 1.96 bits per heavy atom. The zero-order valence-electron chi connectivity index (χ0n) is 16.6. The zero-order chi connectivity index (χ0) is 19.9. The fourth-order valence-electron chi connectivity index (χ4n) is 2.98. The van der Waals surface area contributed by atoms with Gasteiger partial charge in [-0.15, -0.1) is 5.10 Å². The van der Waals surface area contributed by atoms with Gasteiger partial charge in [0.05, 0.1) is 11.4 Å². The third-order valence-electron chi connectivity index (χ3n) is 4.68. The van der Waals surface area contributed by atoms with Crippen molar-refractivity contribution in [1.29, 1.82) is 0 Å². The van der Waals surface area contributed by atoms with Crippen LogP contribution in [-0.4, -0.2) is 37.1 Å². The lowest BCUT2D eigenvalue weighted by Gasteiger charge is -2.18. The summed E-state index contributed by atoms with van der Waals surface area (Å²) in [4.78, 5) is 17.3. The van der Waals surface area contributed by atoms with Crippen molar-refractivity contribution in [2.45, 2.75) is 52.0 Å². The van der Waals surface area contributed by atoms with E-state index in [-0.39, 0.29) is 17.4 Å². The number of hydrogen-bond acceptors (Lipinski definition) is 5. The summed E-state index contributed by atoms with van der Waals surface area (Å²) in [5.41, 5.74) is 3.83. The number of pyridine rings is 1. The van der Waals surface area contributed by atoms with E-state index >= 15 is 0 Å². The van der Waals surface area contributed by atoms with Crippen molar-refractivity contribution in [1.82, 2.24) is 30.5 Å². The van der Waals surface area contributed by atoms with Crippen LogP contribution in [0.2, 0.25) is 0 Å². The first-order valence-corrected chi connectivity index (χ1v) is 9.49. The van der Waals surface area contributed by atoms with Crippen LogP contribution in [0.1, 0.15) is 55.4 Å². The van der Waals surface area contributed by atoms with Gasteiger partial charge in [-0.05, 0) is 60.0 Å². The number of aryl methyl sites for hydroxylation is 1. The Balaban J connectivity index is 1.83. The van der Waals surface area contributed by atoms with Crippen LogP contribution in [0.3, 0.4) is 0 Å². The second-order valence-corrected chi connectivity index (χ2v) is 8.40. The largest absolute Gasteiger partial charge is 0.349 e. The van der Waals surface area contributed by atoms with E-state index in [0.29, 0.717) is 5.56 Å². The molecule has 0 bridgehead atoms. The number of tetrazole rings is 1. The maximum absolute atomic E-state index is 12.7. The third-order valence-corrected chi connectivity index (χ3v) is 4.68. The molecule has 0 unspecified atom stereocenters. The number of amides is 1. The van der Waals surface area contributed by atoms with Crippen molar-refractivity contribution < 1.29 is 4.79 Å². The number of aromatic nitrogens is 5. The smallest absolute Gasteiger partial charge is 0.251 e. The van der Waals surface area contributed by atoms with Crippen molar-refractivity contribution in [3.63, 3.8) is 0 Å². The lowest BCUT2D eigenvalue weighted by atomic mass is 9.95. The lowest BCUT2D eigenvalue weighted by Crippen LogP contribution is -2.25. The topological polar surface area (TPSA) is 85.6 Å². The molecular formula is C21H24N6O. The van der Waals surface area contributed by atoms with Crippen LogP contribution >= 0.6 is 0 Å². The van der Waals surface area contributed by atoms with Gasteiger partial charge >= 0.3 is 0 Å². The van der Waals surface area contributed by atoms with E-state index in [1.807, 2.05) is 43.5 Å². The van der Waals surface area contributed by atoms with Crippen LogP contribution in [0.25, 0.3) is 16.9 Å². The molecule has 1 aliphatic carbocycles.